The van der Waals surface area contributed by atoms with Crippen molar-refractivity contribution in [3.05, 3.63) is 93.5 Å². The van der Waals surface area contributed by atoms with E-state index < -0.39 is 28.5 Å². The predicted molar refractivity (Wildman–Crippen MR) is 152 cm³/mol. The quantitative estimate of drug-likeness (QED) is 0.352. The highest BCUT2D eigenvalue weighted by Gasteiger charge is 2.34. The Morgan fingerprint density at radius 1 is 0.947 bits per heavy atom. The molecule has 3 aromatic rings. The fourth-order valence-corrected chi connectivity index (χ4v) is 5.86. The number of nitrogens with zero attached hydrogens (tertiary/aromatic N) is 2. The van der Waals surface area contributed by atoms with Crippen LogP contribution >= 0.6 is 23.2 Å². The largest absolute Gasteiger partial charge is 0.357 e. The number of hydrogen-bond donors (Lipinski definition) is 1. The Balaban J connectivity index is 2.10. The van der Waals surface area contributed by atoms with E-state index in [0.29, 0.717) is 22.0 Å². The van der Waals surface area contributed by atoms with E-state index in [1.54, 1.807) is 68.4 Å². The number of halogens is 2. The minimum Gasteiger partial charge on any atom is -0.357 e. The highest BCUT2D eigenvalue weighted by Crippen LogP contribution is 2.31. The first-order chi connectivity index (χ1) is 18.0. The zero-order valence-electron chi connectivity index (χ0n) is 21.7. The van der Waals surface area contributed by atoms with Crippen molar-refractivity contribution in [2.75, 3.05) is 17.9 Å². The third-order valence-corrected chi connectivity index (χ3v) is 8.73. The molecule has 202 valence electrons. The summed E-state index contributed by atoms with van der Waals surface area (Å²) in [6.45, 7) is 4.92. The second kappa shape index (κ2) is 12.7. The molecule has 1 atom stereocenters. The molecule has 2 amide bonds. The Hall–Kier alpha value is -3.07. The smallest absolute Gasteiger partial charge is 0.264 e. The molecule has 10 heteroatoms. The second-order valence-electron chi connectivity index (χ2n) is 8.90. The topological polar surface area (TPSA) is 86.8 Å². The number of nitrogens with one attached hydrogen (secondary N) is 1. The van der Waals surface area contributed by atoms with Crippen LogP contribution in [0.25, 0.3) is 0 Å². The maximum Gasteiger partial charge on any atom is 0.264 e. The molecule has 0 unspecified atom stereocenters. The van der Waals surface area contributed by atoms with Crippen molar-refractivity contribution in [1.82, 2.24) is 10.2 Å². The Kier molecular flexibility index (Phi) is 9.82. The molecular weight excluding hydrogens is 545 g/mol. The number of hydrogen-bond acceptors (Lipinski definition) is 4. The van der Waals surface area contributed by atoms with Crippen LogP contribution in [0.5, 0.6) is 0 Å². The lowest BCUT2D eigenvalue weighted by Gasteiger charge is -2.33. The van der Waals surface area contributed by atoms with Gasteiger partial charge in [0, 0.05) is 23.6 Å². The molecule has 1 N–H and O–H groups in total. The van der Waals surface area contributed by atoms with Crippen LogP contribution in [-0.2, 0) is 26.2 Å². The van der Waals surface area contributed by atoms with Crippen LogP contribution in [0.2, 0.25) is 10.0 Å². The monoisotopic (exact) mass is 575 g/mol. The first-order valence-corrected chi connectivity index (χ1v) is 14.3. The number of carbonyl (C=O) groups is 2. The summed E-state index contributed by atoms with van der Waals surface area (Å²) in [5.74, 6) is -0.882. The zero-order valence-corrected chi connectivity index (χ0v) is 24.1. The highest BCUT2D eigenvalue weighted by atomic mass is 35.5. The van der Waals surface area contributed by atoms with Crippen molar-refractivity contribution in [2.24, 2.45) is 0 Å². The molecule has 0 aliphatic heterocycles. The minimum atomic E-state index is -4.17. The van der Waals surface area contributed by atoms with Gasteiger partial charge in [0.15, 0.2) is 0 Å². The number of sulfonamides is 1. The van der Waals surface area contributed by atoms with Crippen molar-refractivity contribution in [1.29, 1.82) is 0 Å². The molecular formula is C28H31Cl2N3O4S. The van der Waals surface area contributed by atoms with E-state index in [4.69, 9.17) is 23.2 Å². The van der Waals surface area contributed by atoms with Gasteiger partial charge in [-0.3, -0.25) is 13.9 Å². The van der Waals surface area contributed by atoms with Gasteiger partial charge in [-0.2, -0.15) is 0 Å². The fourth-order valence-electron chi connectivity index (χ4n) is 4.09. The van der Waals surface area contributed by atoms with Gasteiger partial charge in [-0.1, -0.05) is 66.0 Å². The molecule has 0 fully saturated rings. The van der Waals surface area contributed by atoms with Crippen molar-refractivity contribution in [3.63, 3.8) is 0 Å². The van der Waals surface area contributed by atoms with E-state index in [1.165, 1.54) is 24.1 Å². The van der Waals surface area contributed by atoms with Crippen LogP contribution in [0, 0.1) is 13.8 Å². The third kappa shape index (κ3) is 6.67. The molecule has 0 saturated heterocycles. The van der Waals surface area contributed by atoms with Gasteiger partial charge >= 0.3 is 0 Å². The summed E-state index contributed by atoms with van der Waals surface area (Å²) in [5, 5.41) is 3.51. The third-order valence-electron chi connectivity index (χ3n) is 6.29. The average Bonchev–Trinajstić information content (AvgIpc) is 2.90. The number of benzene rings is 3. The lowest BCUT2D eigenvalue weighted by atomic mass is 10.1. The van der Waals surface area contributed by atoms with Crippen LogP contribution in [0.1, 0.15) is 30.0 Å². The normalized spacial score (nSPS) is 12.1. The van der Waals surface area contributed by atoms with Gasteiger partial charge in [0.05, 0.1) is 10.6 Å². The molecule has 3 aromatic carbocycles. The van der Waals surface area contributed by atoms with Crippen molar-refractivity contribution < 1.29 is 18.0 Å². The van der Waals surface area contributed by atoms with Crippen molar-refractivity contribution in [3.8, 4) is 0 Å². The summed E-state index contributed by atoms with van der Waals surface area (Å²) >= 11 is 12.4. The van der Waals surface area contributed by atoms with E-state index in [1.807, 2.05) is 6.92 Å². The second-order valence-corrected chi connectivity index (χ2v) is 11.6. The number of amides is 2. The molecule has 3 rings (SSSR count). The van der Waals surface area contributed by atoms with Crippen LogP contribution < -0.4 is 9.62 Å². The number of aryl methyl sites for hydroxylation is 1. The van der Waals surface area contributed by atoms with Crippen LogP contribution in [0.15, 0.2) is 71.6 Å². The SMILES string of the molecule is CC[C@H](C(=O)NC)N(Cc1ccc(Cl)cc1)C(=O)CN(c1cccc(Cl)c1C)S(=O)(=O)c1ccc(C)cc1. The summed E-state index contributed by atoms with van der Waals surface area (Å²) in [5.41, 5.74) is 2.44. The van der Waals surface area contributed by atoms with E-state index >= 15 is 0 Å². The Labute approximate surface area is 234 Å². The number of anilines is 1. The first-order valence-electron chi connectivity index (χ1n) is 12.1. The summed E-state index contributed by atoms with van der Waals surface area (Å²) in [6, 6.07) is 17.4. The van der Waals surface area contributed by atoms with Gasteiger partial charge in [0.25, 0.3) is 10.0 Å². The van der Waals surface area contributed by atoms with E-state index in [9.17, 15) is 18.0 Å². The van der Waals surface area contributed by atoms with Gasteiger partial charge in [-0.25, -0.2) is 8.42 Å². The highest BCUT2D eigenvalue weighted by molar-refractivity contribution is 7.92. The number of likely N-dealkylation sites (N-methyl/N-ethyl adjacent to an activating group) is 1. The molecule has 0 aromatic heterocycles. The first kappa shape index (κ1) is 29.5. The summed E-state index contributed by atoms with van der Waals surface area (Å²) < 4.78 is 28.9. The van der Waals surface area contributed by atoms with Gasteiger partial charge in [-0.15, -0.1) is 0 Å². The molecule has 0 aliphatic rings. The number of rotatable bonds is 10. The van der Waals surface area contributed by atoms with Gasteiger partial charge in [0.2, 0.25) is 11.8 Å². The molecule has 7 nitrogen and oxygen atoms in total. The Morgan fingerprint density at radius 2 is 1.58 bits per heavy atom. The molecule has 0 saturated carbocycles. The van der Waals surface area contributed by atoms with Crippen molar-refractivity contribution in [2.45, 2.75) is 44.7 Å². The number of carbonyl (C=O) groups excluding carboxylic acids is 2. The predicted octanol–water partition coefficient (Wildman–Crippen LogP) is 5.36. The molecule has 0 aliphatic carbocycles. The molecule has 0 bridgehead atoms. The van der Waals surface area contributed by atoms with Gasteiger partial charge in [-0.05, 0) is 67.8 Å². The molecule has 38 heavy (non-hydrogen) atoms. The standard InChI is InChI=1S/C28H31Cl2N3O4S/c1-5-25(28(35)31-4)32(17-21-11-13-22(29)14-12-21)27(34)18-33(26-8-6-7-24(30)20(26)3)38(36,37)23-15-9-19(2)10-16-23/h6-16,25H,5,17-18H2,1-4H3,(H,31,35)/t25-/m1/s1. The molecule has 0 heterocycles. The maximum atomic E-state index is 13.9. The maximum absolute atomic E-state index is 13.9. The van der Waals surface area contributed by atoms with E-state index in [0.717, 1.165) is 15.4 Å². The summed E-state index contributed by atoms with van der Waals surface area (Å²) in [6.07, 6.45) is 0.333. The van der Waals surface area contributed by atoms with Gasteiger partial charge < -0.3 is 10.2 Å². The zero-order chi connectivity index (χ0) is 28.0. The lowest BCUT2D eigenvalue weighted by Crippen LogP contribution is -2.51. The van der Waals surface area contributed by atoms with Crippen LogP contribution in [0.3, 0.4) is 0 Å². The van der Waals surface area contributed by atoms with Gasteiger partial charge in [0.1, 0.15) is 12.6 Å². The van der Waals surface area contributed by atoms with Crippen LogP contribution in [0.4, 0.5) is 5.69 Å². The van der Waals surface area contributed by atoms with Crippen molar-refractivity contribution >= 4 is 50.7 Å². The average molecular weight is 577 g/mol. The summed E-state index contributed by atoms with van der Waals surface area (Å²) in [4.78, 5) is 28.1. The Bertz CT molecular complexity index is 1390. The van der Waals surface area contributed by atoms with E-state index in [2.05, 4.69) is 5.32 Å². The minimum absolute atomic E-state index is 0.0397. The Morgan fingerprint density at radius 3 is 2.16 bits per heavy atom. The molecule has 0 spiro atoms. The lowest BCUT2D eigenvalue weighted by molar-refractivity contribution is -0.140. The summed E-state index contributed by atoms with van der Waals surface area (Å²) in [7, 11) is -2.67. The van der Waals surface area contributed by atoms with Crippen LogP contribution in [-0.4, -0.2) is 44.8 Å². The molecule has 0 radical (unpaired) electrons. The fraction of sp³-hybridized carbons (Fsp3) is 0.286. The van der Waals surface area contributed by atoms with E-state index in [-0.39, 0.29) is 23.0 Å².